The molecule has 0 bridgehead atoms. The van der Waals surface area contributed by atoms with E-state index >= 15 is 0 Å². The Balaban J connectivity index is 1.50. The molecule has 0 aromatic carbocycles. The summed E-state index contributed by atoms with van der Waals surface area (Å²) >= 11 is 4.15. The largest absolute Gasteiger partial charge is 0.152 e. The summed E-state index contributed by atoms with van der Waals surface area (Å²) in [6.45, 7) is 2.29. The molecule has 0 radical (unpaired) electrons. The van der Waals surface area contributed by atoms with E-state index in [-0.39, 0.29) is 0 Å². The molecule has 102 valence electrons. The van der Waals surface area contributed by atoms with Gasteiger partial charge in [0.05, 0.1) is 0 Å². The maximum absolute atomic E-state index is 2.47. The van der Waals surface area contributed by atoms with Gasteiger partial charge in [-0.05, 0) is 24.5 Å². The van der Waals surface area contributed by atoms with Gasteiger partial charge in [0.2, 0.25) is 0 Å². The quantitative estimate of drug-likeness (QED) is 0.487. The first-order valence-corrected chi connectivity index (χ1v) is 9.55. The fraction of sp³-hybridized carbons (Fsp3) is 0.750. The first kappa shape index (κ1) is 14.5. The summed E-state index contributed by atoms with van der Waals surface area (Å²) in [5.41, 5.74) is 1.64. The van der Waals surface area contributed by atoms with Gasteiger partial charge in [-0.25, -0.2) is 0 Å². The highest BCUT2D eigenvalue weighted by atomic mass is 32.2. The molecule has 0 spiro atoms. The van der Waals surface area contributed by atoms with Crippen LogP contribution < -0.4 is 0 Å². The van der Waals surface area contributed by atoms with E-state index in [1.807, 2.05) is 0 Å². The molecule has 18 heavy (non-hydrogen) atoms. The predicted molar refractivity (Wildman–Crippen MR) is 85.6 cm³/mol. The second-order valence-corrected chi connectivity index (χ2v) is 7.59. The summed E-state index contributed by atoms with van der Waals surface area (Å²) in [5, 5.41) is 0. The smallest absolute Gasteiger partial charge is 0.0285 e. The summed E-state index contributed by atoms with van der Waals surface area (Å²) in [6.07, 6.45) is 12.8. The zero-order valence-electron chi connectivity index (χ0n) is 11.7. The van der Waals surface area contributed by atoms with Crippen LogP contribution in [0.15, 0.2) is 6.07 Å². The van der Waals surface area contributed by atoms with Crippen molar-refractivity contribution in [1.82, 2.24) is 0 Å². The Morgan fingerprint density at radius 2 is 1.67 bits per heavy atom. The molecule has 0 saturated carbocycles. The molecule has 2 heteroatoms. The highest BCUT2D eigenvalue weighted by Crippen LogP contribution is 2.36. The Morgan fingerprint density at radius 1 is 0.944 bits per heavy atom. The molecule has 0 unspecified atom stereocenters. The monoisotopic (exact) mass is 282 g/mol. The maximum atomic E-state index is 2.47. The van der Waals surface area contributed by atoms with Crippen molar-refractivity contribution in [3.8, 4) is 0 Å². The van der Waals surface area contributed by atoms with E-state index < -0.39 is 0 Å². The van der Waals surface area contributed by atoms with Gasteiger partial charge in [-0.3, -0.25) is 0 Å². The molecular formula is C16H26S2. The van der Waals surface area contributed by atoms with E-state index in [0.717, 1.165) is 0 Å². The van der Waals surface area contributed by atoms with Crippen LogP contribution >= 0.6 is 23.1 Å². The van der Waals surface area contributed by atoms with E-state index in [2.05, 4.69) is 36.1 Å². The van der Waals surface area contributed by atoms with Crippen molar-refractivity contribution in [3.63, 3.8) is 0 Å². The van der Waals surface area contributed by atoms with Crippen LogP contribution in [0.3, 0.4) is 0 Å². The van der Waals surface area contributed by atoms with Crippen LogP contribution in [0.1, 0.15) is 73.6 Å². The lowest BCUT2D eigenvalue weighted by Crippen LogP contribution is -1.83. The molecule has 0 atom stereocenters. The van der Waals surface area contributed by atoms with Crippen molar-refractivity contribution in [3.05, 3.63) is 21.4 Å². The molecule has 1 aliphatic heterocycles. The fourth-order valence-electron chi connectivity index (χ4n) is 2.58. The van der Waals surface area contributed by atoms with E-state index in [1.165, 1.54) is 69.3 Å². The van der Waals surface area contributed by atoms with Gasteiger partial charge in [0, 0.05) is 21.3 Å². The SMILES string of the molecule is CCCCCCCCCCc1cc2c(s1)CSC2. The van der Waals surface area contributed by atoms with Crippen LogP contribution in [-0.2, 0) is 17.9 Å². The molecule has 0 nitrogen and oxygen atoms in total. The molecule has 0 amide bonds. The lowest BCUT2D eigenvalue weighted by Gasteiger charge is -2.01. The zero-order chi connectivity index (χ0) is 12.6. The minimum Gasteiger partial charge on any atom is -0.152 e. The number of fused-ring (bicyclic) bond motifs is 1. The number of aryl methyl sites for hydroxylation is 1. The Bertz CT molecular complexity index is 319. The topological polar surface area (TPSA) is 0 Å². The Labute approximate surface area is 121 Å². The molecule has 2 heterocycles. The minimum atomic E-state index is 1.27. The third-order valence-electron chi connectivity index (χ3n) is 3.72. The van der Waals surface area contributed by atoms with Gasteiger partial charge in [-0.15, -0.1) is 11.3 Å². The highest BCUT2D eigenvalue weighted by molar-refractivity contribution is 7.98. The standard InChI is InChI=1S/C16H26S2/c1-2-3-4-5-6-7-8-9-10-15-11-14-12-17-13-16(14)18-15/h11H,2-10,12-13H2,1H3. The first-order valence-electron chi connectivity index (χ1n) is 7.58. The maximum Gasteiger partial charge on any atom is 0.0285 e. The van der Waals surface area contributed by atoms with Crippen LogP contribution in [0.4, 0.5) is 0 Å². The van der Waals surface area contributed by atoms with E-state index in [1.54, 1.807) is 15.3 Å². The van der Waals surface area contributed by atoms with Crippen LogP contribution in [0.2, 0.25) is 0 Å². The average Bonchev–Trinajstić information content (AvgIpc) is 2.93. The van der Waals surface area contributed by atoms with Gasteiger partial charge in [0.1, 0.15) is 0 Å². The van der Waals surface area contributed by atoms with Gasteiger partial charge in [-0.1, -0.05) is 51.9 Å². The molecule has 0 aliphatic carbocycles. The van der Waals surface area contributed by atoms with Gasteiger partial charge >= 0.3 is 0 Å². The Kier molecular flexibility index (Phi) is 6.64. The number of hydrogen-bond donors (Lipinski definition) is 0. The summed E-state index contributed by atoms with van der Waals surface area (Å²) in [4.78, 5) is 3.31. The number of unbranched alkanes of at least 4 members (excludes halogenated alkanes) is 7. The van der Waals surface area contributed by atoms with Crippen molar-refractivity contribution < 1.29 is 0 Å². The third kappa shape index (κ3) is 4.62. The molecule has 1 aliphatic rings. The lowest BCUT2D eigenvalue weighted by atomic mass is 10.1. The van der Waals surface area contributed by atoms with Gasteiger partial charge in [-0.2, -0.15) is 11.8 Å². The third-order valence-corrected chi connectivity index (χ3v) is 6.14. The molecule has 0 fully saturated rings. The average molecular weight is 283 g/mol. The van der Waals surface area contributed by atoms with E-state index in [9.17, 15) is 0 Å². The van der Waals surface area contributed by atoms with Gasteiger partial charge in [0.25, 0.3) is 0 Å². The lowest BCUT2D eigenvalue weighted by molar-refractivity contribution is 0.576. The van der Waals surface area contributed by atoms with Crippen molar-refractivity contribution in [1.29, 1.82) is 0 Å². The number of rotatable bonds is 9. The molecule has 0 saturated heterocycles. The van der Waals surface area contributed by atoms with Crippen LogP contribution in [0.25, 0.3) is 0 Å². The summed E-state index contributed by atoms with van der Waals surface area (Å²) in [6, 6.07) is 2.47. The zero-order valence-corrected chi connectivity index (χ0v) is 13.3. The minimum absolute atomic E-state index is 1.27. The summed E-state index contributed by atoms with van der Waals surface area (Å²) < 4.78 is 0. The van der Waals surface area contributed by atoms with Crippen molar-refractivity contribution in [2.45, 2.75) is 76.2 Å². The highest BCUT2D eigenvalue weighted by Gasteiger charge is 2.14. The van der Waals surface area contributed by atoms with Gasteiger partial charge < -0.3 is 0 Å². The van der Waals surface area contributed by atoms with Crippen molar-refractivity contribution in [2.24, 2.45) is 0 Å². The van der Waals surface area contributed by atoms with Crippen molar-refractivity contribution >= 4 is 23.1 Å². The molecular weight excluding hydrogens is 256 g/mol. The van der Waals surface area contributed by atoms with Crippen LogP contribution in [0, 0.1) is 0 Å². The van der Waals surface area contributed by atoms with Crippen LogP contribution in [0.5, 0.6) is 0 Å². The second kappa shape index (κ2) is 8.27. The van der Waals surface area contributed by atoms with E-state index in [0.29, 0.717) is 0 Å². The summed E-state index contributed by atoms with van der Waals surface area (Å²) in [5.74, 6) is 2.54. The fourth-order valence-corrected chi connectivity index (χ4v) is 5.14. The number of thioether (sulfide) groups is 1. The number of thiophene rings is 1. The van der Waals surface area contributed by atoms with Gasteiger partial charge in [0.15, 0.2) is 0 Å². The molecule has 1 aromatic rings. The normalized spacial score (nSPS) is 14.1. The Morgan fingerprint density at radius 3 is 2.39 bits per heavy atom. The second-order valence-electron chi connectivity index (χ2n) is 5.38. The molecule has 2 rings (SSSR count). The number of hydrogen-bond acceptors (Lipinski definition) is 2. The first-order chi connectivity index (χ1) is 8.90. The molecule has 0 N–H and O–H groups in total. The van der Waals surface area contributed by atoms with Crippen molar-refractivity contribution in [2.75, 3.05) is 0 Å². The Hall–Kier alpha value is 0.0500. The summed E-state index contributed by atoms with van der Waals surface area (Å²) in [7, 11) is 0. The molecule has 1 aromatic heterocycles. The van der Waals surface area contributed by atoms with Crippen LogP contribution in [-0.4, -0.2) is 0 Å². The van der Waals surface area contributed by atoms with E-state index in [4.69, 9.17) is 0 Å². The predicted octanol–water partition coefficient (Wildman–Crippen LogP) is 6.18.